The number of fused-ring (bicyclic) bond motifs is 3. The van der Waals surface area contributed by atoms with Gasteiger partial charge in [-0.2, -0.15) is 0 Å². The van der Waals surface area contributed by atoms with Crippen LogP contribution in [0.5, 0.6) is 5.75 Å². The molecule has 0 spiro atoms. The van der Waals surface area contributed by atoms with Crippen molar-refractivity contribution in [3.63, 3.8) is 0 Å². The summed E-state index contributed by atoms with van der Waals surface area (Å²) in [6, 6.07) is 6.29. The first kappa shape index (κ1) is 17.7. The first-order chi connectivity index (χ1) is 13.2. The molecule has 2 heterocycles. The van der Waals surface area contributed by atoms with E-state index in [4.69, 9.17) is 14.5 Å². The van der Waals surface area contributed by atoms with Crippen LogP contribution in [0, 0.1) is 5.92 Å². The molecule has 7 nitrogen and oxygen atoms in total. The van der Waals surface area contributed by atoms with Crippen molar-refractivity contribution in [1.82, 2.24) is 9.55 Å². The monoisotopic (exact) mass is 370 g/mol. The summed E-state index contributed by atoms with van der Waals surface area (Å²) in [5, 5.41) is 3.50. The van der Waals surface area contributed by atoms with E-state index in [2.05, 4.69) is 28.1 Å². The van der Waals surface area contributed by atoms with Crippen molar-refractivity contribution in [2.45, 2.75) is 32.4 Å². The molecular formula is C20H26N4O3. The van der Waals surface area contributed by atoms with Gasteiger partial charge in [0.15, 0.2) is 0 Å². The van der Waals surface area contributed by atoms with Crippen molar-refractivity contribution in [3.05, 3.63) is 24.4 Å². The number of benzene rings is 1. The van der Waals surface area contributed by atoms with Gasteiger partial charge in [0.05, 0.1) is 18.2 Å². The smallest absolute Gasteiger partial charge is 0.293 e. The second kappa shape index (κ2) is 7.50. The van der Waals surface area contributed by atoms with Crippen LogP contribution in [0.2, 0.25) is 0 Å². The molecule has 2 aromatic rings. The Morgan fingerprint density at radius 1 is 1.48 bits per heavy atom. The summed E-state index contributed by atoms with van der Waals surface area (Å²) in [7, 11) is 1.96. The Bertz CT molecular complexity index is 816. The van der Waals surface area contributed by atoms with Gasteiger partial charge in [-0.05, 0) is 37.8 Å². The second-order valence-corrected chi connectivity index (χ2v) is 7.39. The summed E-state index contributed by atoms with van der Waals surface area (Å²) < 4.78 is 13.0. The van der Waals surface area contributed by atoms with E-state index >= 15 is 0 Å². The molecule has 0 amide bonds. The number of ether oxygens (including phenoxy) is 2. The molecule has 1 saturated carbocycles. The number of carbonyl (C=O) groups excluding carboxylic acids is 1. The predicted molar refractivity (Wildman–Crippen MR) is 104 cm³/mol. The number of carbonyl (C=O) groups is 1. The summed E-state index contributed by atoms with van der Waals surface area (Å²) in [6.07, 6.45) is 4.70. The Morgan fingerprint density at radius 2 is 2.33 bits per heavy atom. The number of nitrogens with one attached hydrogen (secondary N) is 1. The Balaban J connectivity index is 1.57. The molecular weight excluding hydrogens is 344 g/mol. The fraction of sp³-hybridized carbons (Fsp3) is 0.500. The highest BCUT2D eigenvalue weighted by Gasteiger charge is 2.23. The highest BCUT2D eigenvalue weighted by Crippen LogP contribution is 2.36. The molecule has 0 bridgehead atoms. The van der Waals surface area contributed by atoms with Crippen LogP contribution in [0.3, 0.4) is 0 Å². The molecule has 144 valence electrons. The first-order valence-electron chi connectivity index (χ1n) is 9.52. The molecule has 7 heteroatoms. The third kappa shape index (κ3) is 3.86. The number of rotatable bonds is 8. The maximum atomic E-state index is 10.4. The van der Waals surface area contributed by atoms with Crippen LogP contribution in [-0.2, 0) is 16.1 Å². The summed E-state index contributed by atoms with van der Waals surface area (Å²) in [6.45, 7) is 5.20. The van der Waals surface area contributed by atoms with Gasteiger partial charge in [0, 0.05) is 31.5 Å². The Kier molecular flexibility index (Phi) is 4.92. The molecule has 1 fully saturated rings. The summed E-state index contributed by atoms with van der Waals surface area (Å²) >= 11 is 0. The van der Waals surface area contributed by atoms with E-state index in [0.717, 1.165) is 47.7 Å². The highest BCUT2D eigenvalue weighted by molar-refractivity contribution is 5.71. The predicted octanol–water partition coefficient (Wildman–Crippen LogP) is 2.76. The molecule has 0 radical (unpaired) electrons. The normalized spacial score (nSPS) is 16.4. The zero-order valence-corrected chi connectivity index (χ0v) is 15.9. The third-order valence-electron chi connectivity index (χ3n) is 5.30. The molecule has 0 saturated heterocycles. The van der Waals surface area contributed by atoms with Crippen LogP contribution in [0.15, 0.2) is 24.4 Å². The van der Waals surface area contributed by atoms with Gasteiger partial charge in [0.25, 0.3) is 6.47 Å². The van der Waals surface area contributed by atoms with Crippen molar-refractivity contribution < 1.29 is 14.3 Å². The van der Waals surface area contributed by atoms with Gasteiger partial charge >= 0.3 is 0 Å². The van der Waals surface area contributed by atoms with Gasteiger partial charge in [-0.3, -0.25) is 4.79 Å². The second-order valence-electron chi connectivity index (χ2n) is 7.39. The number of imidazole rings is 1. The van der Waals surface area contributed by atoms with E-state index < -0.39 is 0 Å². The minimum Gasteiger partial charge on any atom is -0.491 e. The Morgan fingerprint density at radius 3 is 3.11 bits per heavy atom. The minimum atomic E-state index is 0.0408. The van der Waals surface area contributed by atoms with E-state index in [9.17, 15) is 4.79 Å². The number of nitrogens with zero attached hydrogens (tertiary/aromatic N) is 3. The molecule has 2 aliphatic rings. The molecule has 1 atom stereocenters. The first-order valence-corrected chi connectivity index (χ1v) is 9.52. The number of likely N-dealkylation sites (N-methyl/N-ethyl adjacent to an activating group) is 1. The van der Waals surface area contributed by atoms with Gasteiger partial charge in [-0.25, -0.2) is 4.98 Å². The third-order valence-corrected chi connectivity index (χ3v) is 5.30. The Hall–Kier alpha value is -2.70. The summed E-state index contributed by atoms with van der Waals surface area (Å²) in [5.74, 6) is 3.45. The summed E-state index contributed by atoms with van der Waals surface area (Å²) in [5.41, 5.74) is 2.10. The van der Waals surface area contributed by atoms with E-state index in [1.54, 1.807) is 0 Å². The topological polar surface area (TPSA) is 68.6 Å². The van der Waals surface area contributed by atoms with E-state index in [1.165, 1.54) is 12.8 Å². The maximum Gasteiger partial charge on any atom is 0.293 e. The molecule has 0 unspecified atom stereocenters. The van der Waals surface area contributed by atoms with E-state index in [-0.39, 0.29) is 6.04 Å². The molecule has 4 rings (SSSR count). The fourth-order valence-electron chi connectivity index (χ4n) is 3.25. The van der Waals surface area contributed by atoms with Gasteiger partial charge in [-0.15, -0.1) is 0 Å². The van der Waals surface area contributed by atoms with Gasteiger partial charge in [0.2, 0.25) is 0 Å². The fourth-order valence-corrected chi connectivity index (χ4v) is 3.25. The minimum absolute atomic E-state index is 0.0408. The molecule has 1 N–H and O–H groups in total. The summed E-state index contributed by atoms with van der Waals surface area (Å²) in [4.78, 5) is 17.3. The lowest BCUT2D eigenvalue weighted by Gasteiger charge is -2.23. The van der Waals surface area contributed by atoms with E-state index in [1.807, 2.05) is 25.1 Å². The standard InChI is InChI=1S/C20H26N4O3/c1-14(12-26-13-25)23(2)19-11-24-7-8-27-18-9-16(21-10-15-3-4-15)5-6-17(18)20(24)22-19/h5-6,9,11,13-15,21H,3-4,7-8,10,12H2,1-2H3/t14-/m1/s1. The van der Waals surface area contributed by atoms with Gasteiger partial charge in [-0.1, -0.05) is 0 Å². The van der Waals surface area contributed by atoms with Crippen LogP contribution in [0.25, 0.3) is 11.4 Å². The average molecular weight is 370 g/mol. The number of hydrogen-bond acceptors (Lipinski definition) is 6. The lowest BCUT2D eigenvalue weighted by Crippen LogP contribution is -2.33. The van der Waals surface area contributed by atoms with Crippen molar-refractivity contribution in [1.29, 1.82) is 0 Å². The Labute approximate surface area is 159 Å². The molecule has 1 aromatic heterocycles. The van der Waals surface area contributed by atoms with Crippen LogP contribution < -0.4 is 15.0 Å². The number of aromatic nitrogens is 2. The molecule has 27 heavy (non-hydrogen) atoms. The van der Waals surface area contributed by atoms with Crippen molar-refractivity contribution in [3.8, 4) is 17.1 Å². The van der Waals surface area contributed by atoms with Crippen molar-refractivity contribution >= 4 is 18.0 Å². The SMILES string of the molecule is C[C@H](COC=O)N(C)c1cn2c(n1)-c1ccc(NCC3CC3)cc1OCC2. The maximum absolute atomic E-state index is 10.4. The lowest BCUT2D eigenvalue weighted by molar-refractivity contribution is -0.129. The van der Waals surface area contributed by atoms with Crippen LogP contribution in [0.4, 0.5) is 11.5 Å². The van der Waals surface area contributed by atoms with Crippen molar-refractivity contribution in [2.24, 2.45) is 5.92 Å². The van der Waals surface area contributed by atoms with Crippen LogP contribution >= 0.6 is 0 Å². The number of anilines is 2. The number of hydrogen-bond donors (Lipinski definition) is 1. The average Bonchev–Trinajstić information content (AvgIpc) is 3.45. The highest BCUT2D eigenvalue weighted by atomic mass is 16.5. The lowest BCUT2D eigenvalue weighted by atomic mass is 10.1. The van der Waals surface area contributed by atoms with E-state index in [0.29, 0.717) is 19.7 Å². The van der Waals surface area contributed by atoms with Crippen LogP contribution in [-0.4, -0.2) is 48.9 Å². The zero-order valence-electron chi connectivity index (χ0n) is 15.9. The van der Waals surface area contributed by atoms with Crippen LogP contribution in [0.1, 0.15) is 19.8 Å². The largest absolute Gasteiger partial charge is 0.491 e. The zero-order chi connectivity index (χ0) is 18.8. The quantitative estimate of drug-likeness (QED) is 0.721. The molecule has 1 aliphatic carbocycles. The van der Waals surface area contributed by atoms with Gasteiger partial charge < -0.3 is 24.3 Å². The van der Waals surface area contributed by atoms with Crippen molar-refractivity contribution in [2.75, 3.05) is 37.0 Å². The van der Waals surface area contributed by atoms with Gasteiger partial charge in [0.1, 0.15) is 30.6 Å². The molecule has 1 aliphatic heterocycles. The molecule has 1 aromatic carbocycles.